The fraction of sp³-hybridized carbons (Fsp3) is 0.500. The maximum atomic E-state index is 9.00. The molecule has 3 nitrogen and oxygen atoms in total. The van der Waals surface area contributed by atoms with Crippen molar-refractivity contribution in [1.82, 2.24) is 4.90 Å². The van der Waals surface area contributed by atoms with E-state index in [4.69, 9.17) is 10.0 Å². The number of nitrogens with zero attached hydrogens (tertiary/aromatic N) is 1. The second-order valence-electron chi connectivity index (χ2n) is 3.94. The summed E-state index contributed by atoms with van der Waals surface area (Å²) >= 11 is 0. The van der Waals surface area contributed by atoms with E-state index in [2.05, 4.69) is 25.7 Å². The average molecular weight is 221 g/mol. The van der Waals surface area contributed by atoms with E-state index in [1.54, 1.807) is 12.1 Å². The Bertz CT molecular complexity index is 309. The minimum Gasteiger partial charge on any atom is -0.423 e. The third-order valence-corrected chi connectivity index (χ3v) is 3.08. The fourth-order valence-electron chi connectivity index (χ4n) is 1.93. The molecule has 0 bridgehead atoms. The second-order valence-corrected chi connectivity index (χ2v) is 3.94. The van der Waals surface area contributed by atoms with Crippen molar-refractivity contribution in [3.05, 3.63) is 29.8 Å². The van der Waals surface area contributed by atoms with E-state index in [1.165, 1.54) is 5.56 Å². The first-order valence-electron chi connectivity index (χ1n) is 5.80. The van der Waals surface area contributed by atoms with Crippen LogP contribution in [0, 0.1) is 0 Å². The van der Waals surface area contributed by atoms with E-state index in [1.807, 2.05) is 12.1 Å². The van der Waals surface area contributed by atoms with E-state index < -0.39 is 7.12 Å². The zero-order valence-corrected chi connectivity index (χ0v) is 10.2. The minimum absolute atomic E-state index is 0.361. The quantitative estimate of drug-likeness (QED) is 0.722. The van der Waals surface area contributed by atoms with Crippen LogP contribution in [0.15, 0.2) is 24.3 Å². The first kappa shape index (κ1) is 13.2. The average Bonchev–Trinajstić information content (AvgIpc) is 2.30. The van der Waals surface area contributed by atoms with E-state index in [0.717, 1.165) is 13.1 Å². The summed E-state index contributed by atoms with van der Waals surface area (Å²) in [6.07, 6.45) is 0. The summed E-state index contributed by atoms with van der Waals surface area (Å²) in [6.45, 7) is 8.49. The molecule has 1 aromatic rings. The highest BCUT2D eigenvalue weighted by atomic mass is 16.4. The Morgan fingerprint density at radius 3 is 2.00 bits per heavy atom. The highest BCUT2D eigenvalue weighted by Crippen LogP contribution is 2.18. The van der Waals surface area contributed by atoms with Gasteiger partial charge in [0.15, 0.2) is 0 Å². The molecule has 0 saturated heterocycles. The summed E-state index contributed by atoms with van der Waals surface area (Å²) in [5.74, 6) is 0. The normalized spacial score (nSPS) is 12.9. The number of hydrogen-bond donors (Lipinski definition) is 2. The van der Waals surface area contributed by atoms with Gasteiger partial charge in [0, 0.05) is 6.04 Å². The van der Waals surface area contributed by atoms with Crippen LogP contribution in [-0.2, 0) is 0 Å². The van der Waals surface area contributed by atoms with Gasteiger partial charge in [0.05, 0.1) is 0 Å². The lowest BCUT2D eigenvalue weighted by atomic mass is 9.80. The molecule has 1 atom stereocenters. The molecule has 0 saturated carbocycles. The zero-order valence-electron chi connectivity index (χ0n) is 10.2. The van der Waals surface area contributed by atoms with Crippen LogP contribution in [0.2, 0.25) is 0 Å². The van der Waals surface area contributed by atoms with Crippen LogP contribution in [0.3, 0.4) is 0 Å². The van der Waals surface area contributed by atoms with E-state index in [0.29, 0.717) is 11.5 Å². The standard InChI is InChI=1S/C12H20BNO2/c1-4-14(5-2)10(3)11-6-8-12(9-7-11)13(15)16/h6-10,15-16H,4-5H2,1-3H3/t10-/m0/s1. The van der Waals surface area contributed by atoms with Crippen molar-refractivity contribution in [1.29, 1.82) is 0 Å². The van der Waals surface area contributed by atoms with Crippen LogP contribution in [-0.4, -0.2) is 35.2 Å². The predicted molar refractivity (Wildman–Crippen MR) is 67.6 cm³/mol. The minimum atomic E-state index is -1.38. The number of benzene rings is 1. The number of rotatable bonds is 5. The molecule has 0 aliphatic rings. The molecule has 0 heterocycles. The highest BCUT2D eigenvalue weighted by molar-refractivity contribution is 6.58. The molecule has 0 radical (unpaired) electrons. The molecule has 0 unspecified atom stereocenters. The molecule has 2 N–H and O–H groups in total. The van der Waals surface area contributed by atoms with Crippen molar-refractivity contribution in [2.24, 2.45) is 0 Å². The van der Waals surface area contributed by atoms with Gasteiger partial charge < -0.3 is 10.0 Å². The molecule has 1 aromatic carbocycles. The van der Waals surface area contributed by atoms with Crippen LogP contribution in [0.4, 0.5) is 0 Å². The lowest BCUT2D eigenvalue weighted by Crippen LogP contribution is -2.30. The van der Waals surface area contributed by atoms with E-state index in [9.17, 15) is 0 Å². The summed E-state index contributed by atoms with van der Waals surface area (Å²) in [4.78, 5) is 2.35. The summed E-state index contributed by atoms with van der Waals surface area (Å²) in [7, 11) is -1.38. The molecular formula is C12H20BNO2. The first-order chi connectivity index (χ1) is 7.60. The fourth-order valence-corrected chi connectivity index (χ4v) is 1.93. The van der Waals surface area contributed by atoms with Gasteiger partial charge in [0.2, 0.25) is 0 Å². The molecule has 0 aliphatic heterocycles. The molecule has 1 rings (SSSR count). The molecule has 0 fully saturated rings. The summed E-state index contributed by atoms with van der Waals surface area (Å²) in [6, 6.07) is 7.80. The van der Waals surface area contributed by atoms with Gasteiger partial charge in [0.1, 0.15) is 0 Å². The van der Waals surface area contributed by atoms with Crippen LogP contribution >= 0.6 is 0 Å². The van der Waals surface area contributed by atoms with Crippen LogP contribution < -0.4 is 5.46 Å². The van der Waals surface area contributed by atoms with Gasteiger partial charge in [-0.2, -0.15) is 0 Å². The Labute approximate surface area is 97.9 Å². The van der Waals surface area contributed by atoms with Crippen molar-refractivity contribution in [3.8, 4) is 0 Å². The smallest absolute Gasteiger partial charge is 0.423 e. The lowest BCUT2D eigenvalue weighted by molar-refractivity contribution is 0.234. The van der Waals surface area contributed by atoms with Gasteiger partial charge in [-0.3, -0.25) is 4.90 Å². The van der Waals surface area contributed by atoms with Crippen molar-refractivity contribution >= 4 is 12.6 Å². The zero-order chi connectivity index (χ0) is 12.1. The maximum Gasteiger partial charge on any atom is 0.488 e. The van der Waals surface area contributed by atoms with Crippen LogP contribution in [0.25, 0.3) is 0 Å². The molecule has 0 aliphatic carbocycles. The first-order valence-corrected chi connectivity index (χ1v) is 5.80. The highest BCUT2D eigenvalue weighted by Gasteiger charge is 2.14. The topological polar surface area (TPSA) is 43.7 Å². The summed E-state index contributed by atoms with van der Waals surface area (Å²) < 4.78 is 0. The lowest BCUT2D eigenvalue weighted by Gasteiger charge is -2.26. The van der Waals surface area contributed by atoms with Gasteiger partial charge >= 0.3 is 7.12 Å². The van der Waals surface area contributed by atoms with Gasteiger partial charge in [0.25, 0.3) is 0 Å². The molecule has 88 valence electrons. The molecule has 4 heteroatoms. The Hall–Kier alpha value is -0.835. The van der Waals surface area contributed by atoms with Crippen molar-refractivity contribution in [2.75, 3.05) is 13.1 Å². The Morgan fingerprint density at radius 1 is 1.12 bits per heavy atom. The molecule has 16 heavy (non-hydrogen) atoms. The van der Waals surface area contributed by atoms with Crippen LogP contribution in [0.5, 0.6) is 0 Å². The molecule has 0 spiro atoms. The molecular weight excluding hydrogens is 201 g/mol. The Balaban J connectivity index is 2.80. The second kappa shape index (κ2) is 6.04. The van der Waals surface area contributed by atoms with Gasteiger partial charge in [-0.15, -0.1) is 0 Å². The van der Waals surface area contributed by atoms with Crippen molar-refractivity contribution < 1.29 is 10.0 Å². The Kier molecular flexibility index (Phi) is 4.99. The van der Waals surface area contributed by atoms with Gasteiger partial charge in [-0.1, -0.05) is 38.1 Å². The Morgan fingerprint density at radius 2 is 1.62 bits per heavy atom. The SMILES string of the molecule is CCN(CC)[C@@H](C)c1ccc(B(O)O)cc1. The van der Waals surface area contributed by atoms with E-state index >= 15 is 0 Å². The number of hydrogen-bond acceptors (Lipinski definition) is 3. The monoisotopic (exact) mass is 221 g/mol. The maximum absolute atomic E-state index is 9.00. The van der Waals surface area contributed by atoms with Crippen molar-refractivity contribution in [2.45, 2.75) is 26.8 Å². The summed E-state index contributed by atoms with van der Waals surface area (Å²) in [5.41, 5.74) is 1.74. The van der Waals surface area contributed by atoms with Crippen LogP contribution in [0.1, 0.15) is 32.4 Å². The predicted octanol–water partition coefficient (Wildman–Crippen LogP) is 0.769. The van der Waals surface area contributed by atoms with E-state index in [-0.39, 0.29) is 0 Å². The third kappa shape index (κ3) is 3.08. The molecule has 0 aromatic heterocycles. The van der Waals surface area contributed by atoms with Gasteiger partial charge in [-0.05, 0) is 31.0 Å². The van der Waals surface area contributed by atoms with Crippen molar-refractivity contribution in [3.63, 3.8) is 0 Å². The van der Waals surface area contributed by atoms with Gasteiger partial charge in [-0.25, -0.2) is 0 Å². The summed E-state index contributed by atoms with van der Waals surface area (Å²) in [5, 5.41) is 18.0. The molecule has 0 amide bonds. The largest absolute Gasteiger partial charge is 0.488 e. The third-order valence-electron chi connectivity index (χ3n) is 3.08.